The van der Waals surface area contributed by atoms with Gasteiger partial charge in [0.25, 0.3) is 0 Å². The molecule has 2 fully saturated rings. The highest BCUT2D eigenvalue weighted by Crippen LogP contribution is 2.28. The van der Waals surface area contributed by atoms with Crippen molar-refractivity contribution in [1.29, 1.82) is 0 Å². The van der Waals surface area contributed by atoms with E-state index < -0.39 is 0 Å². The largest absolute Gasteiger partial charge is 0.497 e. The van der Waals surface area contributed by atoms with Crippen LogP contribution in [-0.2, 0) is 11.3 Å². The molecule has 1 aromatic heterocycles. The van der Waals surface area contributed by atoms with Crippen molar-refractivity contribution in [3.05, 3.63) is 30.1 Å². The second-order valence-corrected chi connectivity index (χ2v) is 8.05. The Morgan fingerprint density at radius 1 is 1.10 bits per heavy atom. The highest BCUT2D eigenvalue weighted by Gasteiger charge is 2.24. The first-order chi connectivity index (χ1) is 14.2. The Morgan fingerprint density at radius 3 is 2.52 bits per heavy atom. The Morgan fingerprint density at radius 2 is 1.83 bits per heavy atom. The summed E-state index contributed by atoms with van der Waals surface area (Å²) < 4.78 is 6.97. The molecule has 0 radical (unpaired) electrons. The summed E-state index contributed by atoms with van der Waals surface area (Å²) in [6, 6.07) is 7.69. The molecule has 29 heavy (non-hydrogen) atoms. The maximum atomic E-state index is 12.5. The van der Waals surface area contributed by atoms with Crippen molar-refractivity contribution in [3.63, 3.8) is 0 Å². The van der Waals surface area contributed by atoms with E-state index in [-0.39, 0.29) is 0 Å². The van der Waals surface area contributed by atoms with Crippen LogP contribution in [0.2, 0.25) is 0 Å². The Balaban J connectivity index is 1.27. The number of rotatable bonds is 7. The first-order valence-electron chi connectivity index (χ1n) is 10.6. The minimum absolute atomic E-state index is 0.319. The fraction of sp³-hybridized carbons (Fsp3) is 0.619. The van der Waals surface area contributed by atoms with E-state index >= 15 is 0 Å². The van der Waals surface area contributed by atoms with E-state index in [1.807, 2.05) is 29.2 Å². The van der Waals surface area contributed by atoms with Gasteiger partial charge in [-0.15, -0.1) is 5.10 Å². The standard InChI is InChI=1S/C21H30N6O2/c1-29-19-9-7-18(8-10-19)27-20(22-23-24-27)16-25-12-14-26(15-13-25)21(28)11-6-17-4-2-3-5-17/h7-10,17H,2-6,11-16H2,1H3. The summed E-state index contributed by atoms with van der Waals surface area (Å²) in [5.41, 5.74) is 0.909. The predicted molar refractivity (Wildman–Crippen MR) is 109 cm³/mol. The average molecular weight is 399 g/mol. The fourth-order valence-corrected chi connectivity index (χ4v) is 4.37. The molecule has 2 heterocycles. The van der Waals surface area contributed by atoms with Crippen LogP contribution in [-0.4, -0.2) is 69.2 Å². The number of amides is 1. The van der Waals surface area contributed by atoms with Crippen LogP contribution in [0.25, 0.3) is 5.69 Å². The summed E-state index contributed by atoms with van der Waals surface area (Å²) in [6.07, 6.45) is 7.07. The molecule has 1 saturated carbocycles. The zero-order valence-electron chi connectivity index (χ0n) is 17.2. The van der Waals surface area contributed by atoms with Gasteiger partial charge >= 0.3 is 0 Å². The van der Waals surface area contributed by atoms with E-state index in [1.54, 1.807) is 11.8 Å². The molecule has 1 aliphatic carbocycles. The molecule has 8 heteroatoms. The lowest BCUT2D eigenvalue weighted by Crippen LogP contribution is -2.48. The van der Waals surface area contributed by atoms with Gasteiger partial charge in [-0.1, -0.05) is 25.7 Å². The van der Waals surface area contributed by atoms with Crippen molar-refractivity contribution in [2.24, 2.45) is 5.92 Å². The SMILES string of the molecule is COc1ccc(-n2nnnc2CN2CCN(C(=O)CCC3CCCC3)CC2)cc1. The molecule has 4 rings (SSSR count). The van der Waals surface area contributed by atoms with Gasteiger partial charge < -0.3 is 9.64 Å². The molecule has 0 unspecified atom stereocenters. The molecule has 1 saturated heterocycles. The molecule has 156 valence electrons. The third kappa shape index (κ3) is 4.93. The van der Waals surface area contributed by atoms with E-state index in [9.17, 15) is 4.79 Å². The van der Waals surface area contributed by atoms with Crippen LogP contribution in [0.1, 0.15) is 44.3 Å². The molecule has 0 bridgehead atoms. The molecular weight excluding hydrogens is 368 g/mol. The second-order valence-electron chi connectivity index (χ2n) is 8.05. The minimum Gasteiger partial charge on any atom is -0.497 e. The maximum absolute atomic E-state index is 12.5. The number of aromatic nitrogens is 4. The molecular formula is C21H30N6O2. The van der Waals surface area contributed by atoms with Crippen molar-refractivity contribution in [2.75, 3.05) is 33.3 Å². The Bertz CT molecular complexity index is 792. The number of ether oxygens (including phenoxy) is 1. The molecule has 1 aliphatic heterocycles. The van der Waals surface area contributed by atoms with E-state index in [0.717, 1.165) is 55.8 Å². The van der Waals surface area contributed by atoms with Gasteiger partial charge in [-0.3, -0.25) is 9.69 Å². The highest BCUT2D eigenvalue weighted by atomic mass is 16.5. The summed E-state index contributed by atoms with van der Waals surface area (Å²) in [5, 5.41) is 12.2. The lowest BCUT2D eigenvalue weighted by atomic mass is 10.0. The fourth-order valence-electron chi connectivity index (χ4n) is 4.37. The van der Waals surface area contributed by atoms with Crippen LogP contribution in [0.5, 0.6) is 5.75 Å². The van der Waals surface area contributed by atoms with Crippen LogP contribution in [0, 0.1) is 5.92 Å². The number of methoxy groups -OCH3 is 1. The van der Waals surface area contributed by atoms with Gasteiger partial charge in [-0.25, -0.2) is 0 Å². The van der Waals surface area contributed by atoms with Gasteiger partial charge in [0.05, 0.1) is 19.3 Å². The van der Waals surface area contributed by atoms with Crippen LogP contribution in [0.3, 0.4) is 0 Å². The molecule has 1 aromatic carbocycles. The second kappa shape index (κ2) is 9.35. The summed E-state index contributed by atoms with van der Waals surface area (Å²) in [5.74, 6) is 2.70. The lowest BCUT2D eigenvalue weighted by Gasteiger charge is -2.34. The smallest absolute Gasteiger partial charge is 0.222 e. The summed E-state index contributed by atoms with van der Waals surface area (Å²) in [6.45, 7) is 3.94. The molecule has 2 aromatic rings. The Hall–Kier alpha value is -2.48. The third-order valence-corrected chi connectivity index (χ3v) is 6.18. The monoisotopic (exact) mass is 398 g/mol. The van der Waals surface area contributed by atoms with Gasteiger partial charge in [0.1, 0.15) is 5.75 Å². The van der Waals surface area contributed by atoms with Gasteiger partial charge in [-0.2, -0.15) is 4.68 Å². The number of tetrazole rings is 1. The third-order valence-electron chi connectivity index (χ3n) is 6.18. The van der Waals surface area contributed by atoms with Crippen LogP contribution in [0.4, 0.5) is 0 Å². The van der Waals surface area contributed by atoms with Crippen LogP contribution < -0.4 is 4.74 Å². The first kappa shape index (κ1) is 19.8. The number of benzene rings is 1. The van der Waals surface area contributed by atoms with Crippen LogP contribution in [0.15, 0.2) is 24.3 Å². The molecule has 0 atom stereocenters. The summed E-state index contributed by atoms with van der Waals surface area (Å²) in [4.78, 5) is 16.9. The van der Waals surface area contributed by atoms with Crippen molar-refractivity contribution in [2.45, 2.75) is 45.1 Å². The molecule has 0 spiro atoms. The van der Waals surface area contributed by atoms with Gasteiger partial charge in [0, 0.05) is 32.6 Å². The van der Waals surface area contributed by atoms with Gasteiger partial charge in [0.15, 0.2) is 5.82 Å². The van der Waals surface area contributed by atoms with Gasteiger partial charge in [0.2, 0.25) is 5.91 Å². The number of nitrogens with zero attached hydrogens (tertiary/aromatic N) is 6. The first-order valence-corrected chi connectivity index (χ1v) is 10.6. The van der Waals surface area contributed by atoms with Crippen molar-refractivity contribution in [1.82, 2.24) is 30.0 Å². The van der Waals surface area contributed by atoms with E-state index in [2.05, 4.69) is 20.4 Å². The lowest BCUT2D eigenvalue weighted by molar-refractivity contribution is -0.133. The number of carbonyl (C=O) groups excluding carboxylic acids is 1. The van der Waals surface area contributed by atoms with E-state index in [0.29, 0.717) is 18.9 Å². The number of hydrogen-bond donors (Lipinski definition) is 0. The average Bonchev–Trinajstić information content (AvgIpc) is 3.45. The summed E-state index contributed by atoms with van der Waals surface area (Å²) >= 11 is 0. The Kier molecular flexibility index (Phi) is 6.39. The molecule has 0 N–H and O–H groups in total. The topological polar surface area (TPSA) is 76.4 Å². The van der Waals surface area contributed by atoms with E-state index in [1.165, 1.54) is 25.7 Å². The Labute approximate surface area is 171 Å². The van der Waals surface area contributed by atoms with Crippen molar-refractivity contribution >= 4 is 5.91 Å². The normalized spacial score (nSPS) is 18.3. The van der Waals surface area contributed by atoms with Crippen LogP contribution >= 0.6 is 0 Å². The zero-order valence-corrected chi connectivity index (χ0v) is 17.2. The minimum atomic E-state index is 0.319. The molecule has 1 amide bonds. The summed E-state index contributed by atoms with van der Waals surface area (Å²) in [7, 11) is 1.65. The van der Waals surface area contributed by atoms with E-state index in [4.69, 9.17) is 4.74 Å². The van der Waals surface area contributed by atoms with Gasteiger partial charge in [-0.05, 0) is 47.0 Å². The zero-order chi connectivity index (χ0) is 20.1. The van der Waals surface area contributed by atoms with Crippen molar-refractivity contribution < 1.29 is 9.53 Å². The predicted octanol–water partition coefficient (Wildman–Crippen LogP) is 2.29. The number of piperazine rings is 1. The maximum Gasteiger partial charge on any atom is 0.222 e. The van der Waals surface area contributed by atoms with Crippen molar-refractivity contribution in [3.8, 4) is 11.4 Å². The number of carbonyl (C=O) groups is 1. The highest BCUT2D eigenvalue weighted by molar-refractivity contribution is 5.76. The molecule has 2 aliphatic rings. The molecule has 8 nitrogen and oxygen atoms in total. The quantitative estimate of drug-likeness (QED) is 0.712. The number of hydrogen-bond acceptors (Lipinski definition) is 6.